The molecule has 3 aromatic rings. The molecule has 0 fully saturated rings. The zero-order valence-corrected chi connectivity index (χ0v) is 20.1. The number of aromatic carboxylic acids is 1. The highest BCUT2D eigenvalue weighted by Gasteiger charge is 2.20. The van der Waals surface area contributed by atoms with Gasteiger partial charge in [-0.25, -0.2) is 4.79 Å². The predicted molar refractivity (Wildman–Crippen MR) is 137 cm³/mol. The molecule has 1 aliphatic rings. The molecule has 1 heterocycles. The van der Waals surface area contributed by atoms with Gasteiger partial charge in [-0.05, 0) is 65.9 Å². The molecule has 4 rings (SSSR count). The van der Waals surface area contributed by atoms with Gasteiger partial charge in [0.1, 0.15) is 30.3 Å². The van der Waals surface area contributed by atoms with Crippen molar-refractivity contribution in [2.24, 2.45) is 0 Å². The fraction of sp³-hybridized carbons (Fsp3) is 0.286. The molecular formula is C28H30N2O6. The minimum atomic E-state index is -0.938. The van der Waals surface area contributed by atoms with Gasteiger partial charge in [-0.2, -0.15) is 0 Å². The second-order valence-electron chi connectivity index (χ2n) is 8.78. The van der Waals surface area contributed by atoms with E-state index in [1.54, 1.807) is 30.3 Å². The number of carbonyl (C=O) groups is 2. The highest BCUT2D eigenvalue weighted by Crippen LogP contribution is 2.32. The molecule has 188 valence electrons. The first-order chi connectivity index (χ1) is 17.4. The van der Waals surface area contributed by atoms with Crippen LogP contribution in [0, 0.1) is 0 Å². The lowest BCUT2D eigenvalue weighted by molar-refractivity contribution is -0.114. The molecule has 0 saturated heterocycles. The van der Waals surface area contributed by atoms with Gasteiger partial charge < -0.3 is 30.3 Å². The number of ether oxygens (including phenoxy) is 2. The predicted octanol–water partition coefficient (Wildman–Crippen LogP) is 3.73. The average Bonchev–Trinajstić information content (AvgIpc) is 2.87. The van der Waals surface area contributed by atoms with Gasteiger partial charge in [0.25, 0.3) is 0 Å². The fourth-order valence-corrected chi connectivity index (χ4v) is 4.11. The number of hydrogen-bond acceptors (Lipinski definition) is 6. The maximum atomic E-state index is 11.3. The largest absolute Gasteiger partial charge is 0.489 e. The number of hydrogen-bond donors (Lipinski definition) is 4. The molecule has 1 aliphatic heterocycles. The van der Waals surface area contributed by atoms with Crippen LogP contribution in [0.3, 0.4) is 0 Å². The Kier molecular flexibility index (Phi) is 8.20. The van der Waals surface area contributed by atoms with Crippen LogP contribution in [-0.2, 0) is 11.2 Å². The van der Waals surface area contributed by atoms with E-state index >= 15 is 0 Å². The summed E-state index contributed by atoms with van der Waals surface area (Å²) < 4.78 is 11.8. The number of benzene rings is 3. The van der Waals surface area contributed by atoms with E-state index in [4.69, 9.17) is 14.6 Å². The lowest BCUT2D eigenvalue weighted by Gasteiger charge is -2.27. The van der Waals surface area contributed by atoms with Crippen molar-refractivity contribution in [1.82, 2.24) is 5.32 Å². The molecule has 3 aromatic carbocycles. The first kappa shape index (κ1) is 25.2. The number of carboxylic acid groups (broad SMARTS) is 1. The Bertz CT molecular complexity index is 1210. The second-order valence-corrected chi connectivity index (χ2v) is 8.78. The molecule has 0 spiro atoms. The number of aryl methyl sites for hydroxylation is 1. The van der Waals surface area contributed by atoms with Gasteiger partial charge in [0.15, 0.2) is 0 Å². The Hall–Kier alpha value is -3.88. The summed E-state index contributed by atoms with van der Waals surface area (Å²) in [5, 5.41) is 25.3. The Morgan fingerprint density at radius 1 is 1.08 bits per heavy atom. The summed E-state index contributed by atoms with van der Waals surface area (Å²) in [6.07, 6.45) is 0.986. The van der Waals surface area contributed by atoms with Crippen molar-refractivity contribution < 1.29 is 29.3 Å². The molecule has 2 atom stereocenters. The Morgan fingerprint density at radius 2 is 1.83 bits per heavy atom. The first-order valence-electron chi connectivity index (χ1n) is 11.9. The summed E-state index contributed by atoms with van der Waals surface area (Å²) in [5.41, 5.74) is 3.94. The number of nitrogens with one attached hydrogen (secondary N) is 2. The van der Waals surface area contributed by atoms with Gasteiger partial charge >= 0.3 is 5.97 Å². The standard InChI is InChI=1S/C28H30N2O6/c1-18(31)30-25-4-2-3-5-27(25)35-17-23(32)15-29-16-24-12-10-22-14-21(11-13-26(22)36-24)19-6-8-20(9-7-19)28(33)34/h2-9,11,13-14,23-24,29,32H,10,12,15-17H2,1H3,(H,30,31)(H,33,34)/t23?,24-/m1/s1. The molecule has 1 unspecified atom stereocenters. The van der Waals surface area contributed by atoms with Gasteiger partial charge in [-0.15, -0.1) is 0 Å². The summed E-state index contributed by atoms with van der Waals surface area (Å²) in [5.74, 6) is 0.230. The molecule has 4 N–H and O–H groups in total. The van der Waals surface area contributed by atoms with Crippen molar-refractivity contribution in [3.63, 3.8) is 0 Å². The van der Waals surface area contributed by atoms with Gasteiger partial charge in [0, 0.05) is 20.0 Å². The maximum Gasteiger partial charge on any atom is 0.335 e. The van der Waals surface area contributed by atoms with Crippen LogP contribution in [-0.4, -0.2) is 54.0 Å². The number of rotatable bonds is 10. The van der Waals surface area contributed by atoms with Crippen molar-refractivity contribution in [3.8, 4) is 22.6 Å². The number of fused-ring (bicyclic) bond motifs is 1. The van der Waals surface area contributed by atoms with E-state index < -0.39 is 12.1 Å². The van der Waals surface area contributed by atoms with E-state index in [0.29, 0.717) is 24.5 Å². The normalized spacial score (nSPS) is 15.3. The topological polar surface area (TPSA) is 117 Å². The van der Waals surface area contributed by atoms with Crippen molar-refractivity contribution in [2.45, 2.75) is 32.0 Å². The highest BCUT2D eigenvalue weighted by atomic mass is 16.5. The van der Waals surface area contributed by atoms with Crippen LogP contribution >= 0.6 is 0 Å². The SMILES string of the molecule is CC(=O)Nc1ccccc1OCC(O)CNC[C@H]1CCc2cc(-c3ccc(C(=O)O)cc3)ccc2O1. The first-order valence-corrected chi connectivity index (χ1v) is 11.9. The van der Waals surface area contributed by atoms with Crippen LogP contribution in [0.2, 0.25) is 0 Å². The number of amides is 1. The lowest BCUT2D eigenvalue weighted by Crippen LogP contribution is -2.39. The van der Waals surface area contributed by atoms with Gasteiger partial charge in [0.2, 0.25) is 5.91 Å². The monoisotopic (exact) mass is 490 g/mol. The molecular weight excluding hydrogens is 460 g/mol. The lowest BCUT2D eigenvalue weighted by atomic mass is 9.96. The zero-order chi connectivity index (χ0) is 25.5. The van der Waals surface area contributed by atoms with E-state index in [0.717, 1.165) is 35.3 Å². The highest BCUT2D eigenvalue weighted by molar-refractivity contribution is 5.90. The molecule has 8 heteroatoms. The number of anilines is 1. The maximum absolute atomic E-state index is 11.3. The number of aliphatic hydroxyl groups excluding tert-OH is 1. The van der Waals surface area contributed by atoms with Crippen LogP contribution in [0.15, 0.2) is 66.7 Å². The number of aliphatic hydroxyl groups is 1. The molecule has 0 bridgehead atoms. The Morgan fingerprint density at radius 3 is 2.58 bits per heavy atom. The van der Waals surface area contributed by atoms with Crippen LogP contribution in [0.1, 0.15) is 29.3 Å². The molecule has 0 aromatic heterocycles. The van der Waals surface area contributed by atoms with Crippen LogP contribution in [0.5, 0.6) is 11.5 Å². The Balaban J connectivity index is 1.24. The molecule has 1 amide bonds. The third-order valence-corrected chi connectivity index (χ3v) is 5.94. The van der Waals surface area contributed by atoms with Gasteiger partial charge in [0.05, 0.1) is 11.3 Å². The van der Waals surface area contributed by atoms with Crippen LogP contribution in [0.25, 0.3) is 11.1 Å². The smallest absolute Gasteiger partial charge is 0.335 e. The van der Waals surface area contributed by atoms with E-state index in [1.165, 1.54) is 6.92 Å². The minimum Gasteiger partial charge on any atom is -0.489 e. The molecule has 8 nitrogen and oxygen atoms in total. The summed E-state index contributed by atoms with van der Waals surface area (Å²) in [6, 6.07) is 20.0. The summed E-state index contributed by atoms with van der Waals surface area (Å²) >= 11 is 0. The van der Waals surface area contributed by atoms with Crippen LogP contribution in [0.4, 0.5) is 5.69 Å². The van der Waals surface area contributed by atoms with E-state index in [-0.39, 0.29) is 24.2 Å². The molecule has 0 aliphatic carbocycles. The quantitative estimate of drug-likeness (QED) is 0.342. The Labute approximate surface area is 209 Å². The van der Waals surface area contributed by atoms with Crippen molar-refractivity contribution in [2.75, 3.05) is 25.0 Å². The summed E-state index contributed by atoms with van der Waals surface area (Å²) in [6.45, 7) is 2.47. The third kappa shape index (κ3) is 6.62. The van der Waals surface area contributed by atoms with Crippen LogP contribution < -0.4 is 20.1 Å². The molecule has 0 saturated carbocycles. The van der Waals surface area contributed by atoms with E-state index in [1.807, 2.05) is 30.3 Å². The second kappa shape index (κ2) is 11.7. The van der Waals surface area contributed by atoms with E-state index in [2.05, 4.69) is 16.7 Å². The number of carbonyl (C=O) groups excluding carboxylic acids is 1. The zero-order valence-electron chi connectivity index (χ0n) is 20.1. The van der Waals surface area contributed by atoms with Gasteiger partial charge in [-0.3, -0.25) is 4.79 Å². The van der Waals surface area contributed by atoms with Crippen molar-refractivity contribution >= 4 is 17.6 Å². The van der Waals surface area contributed by atoms with Gasteiger partial charge in [-0.1, -0.05) is 30.3 Å². The van der Waals surface area contributed by atoms with Crippen molar-refractivity contribution in [1.29, 1.82) is 0 Å². The molecule has 0 radical (unpaired) electrons. The number of para-hydroxylation sites is 2. The third-order valence-electron chi connectivity index (χ3n) is 5.94. The summed E-state index contributed by atoms with van der Waals surface area (Å²) in [7, 11) is 0. The molecule has 36 heavy (non-hydrogen) atoms. The number of carboxylic acids is 1. The minimum absolute atomic E-state index is 0.00758. The van der Waals surface area contributed by atoms with Crippen molar-refractivity contribution in [3.05, 3.63) is 77.9 Å². The van der Waals surface area contributed by atoms with E-state index in [9.17, 15) is 14.7 Å². The fourth-order valence-electron chi connectivity index (χ4n) is 4.11. The average molecular weight is 491 g/mol. The summed E-state index contributed by atoms with van der Waals surface area (Å²) in [4.78, 5) is 22.4.